The number of phenols is 1. The van der Waals surface area contributed by atoms with Crippen LogP contribution in [0.5, 0.6) is 5.75 Å². The highest BCUT2D eigenvalue weighted by Crippen LogP contribution is 2.12. The largest absolute Gasteiger partial charge is 0.508 e. The molecule has 12 heteroatoms. The summed E-state index contributed by atoms with van der Waals surface area (Å²) in [5.41, 5.74) is 11.3. The van der Waals surface area contributed by atoms with Crippen molar-refractivity contribution in [2.75, 3.05) is 0 Å². The molecule has 12 nitrogen and oxygen atoms in total. The Hall–Kier alpha value is -3.67. The number of aromatic hydroxyl groups is 1. The van der Waals surface area contributed by atoms with Crippen molar-refractivity contribution < 1.29 is 34.2 Å². The zero-order valence-corrected chi connectivity index (χ0v) is 19.4. The monoisotopic (exact) mass is 479 g/mol. The van der Waals surface area contributed by atoms with E-state index in [1.165, 1.54) is 31.2 Å². The molecule has 5 unspecified atom stereocenters. The number of nitrogens with two attached hydrogens (primary N) is 2. The van der Waals surface area contributed by atoms with Crippen molar-refractivity contribution >= 4 is 29.6 Å². The van der Waals surface area contributed by atoms with Gasteiger partial charge in [0.1, 0.15) is 23.9 Å². The highest BCUT2D eigenvalue weighted by molar-refractivity contribution is 5.96. The maximum atomic E-state index is 12.9. The van der Waals surface area contributed by atoms with Crippen LogP contribution in [0.1, 0.15) is 39.2 Å². The molecule has 0 aliphatic carbocycles. The first-order chi connectivity index (χ1) is 15.8. The molecule has 5 atom stereocenters. The summed E-state index contributed by atoms with van der Waals surface area (Å²) in [6, 6.07) is 0.975. The van der Waals surface area contributed by atoms with Gasteiger partial charge < -0.3 is 37.6 Å². The molecule has 1 rings (SSSR count). The Morgan fingerprint density at radius 2 is 1.47 bits per heavy atom. The number of carboxylic acid groups (broad SMARTS) is 1. The molecule has 0 saturated carbocycles. The smallest absolute Gasteiger partial charge is 0.326 e. The van der Waals surface area contributed by atoms with E-state index in [0.717, 1.165) is 0 Å². The number of amides is 4. The number of nitrogens with one attached hydrogen (secondary N) is 3. The Labute approximate surface area is 197 Å². The highest BCUT2D eigenvalue weighted by Gasteiger charge is 2.32. The summed E-state index contributed by atoms with van der Waals surface area (Å²) in [5, 5.41) is 26.1. The number of carbonyl (C=O) groups is 5. The van der Waals surface area contributed by atoms with Gasteiger partial charge in [0, 0.05) is 6.42 Å². The van der Waals surface area contributed by atoms with Gasteiger partial charge in [0.05, 0.1) is 12.5 Å². The van der Waals surface area contributed by atoms with Crippen molar-refractivity contribution in [2.24, 2.45) is 17.4 Å². The third-order valence-electron chi connectivity index (χ3n) is 5.24. The van der Waals surface area contributed by atoms with Gasteiger partial charge in [0.15, 0.2) is 0 Å². The molecule has 1 aromatic rings. The lowest BCUT2D eigenvalue weighted by atomic mass is 9.97. The molecular formula is C22H33N5O7. The van der Waals surface area contributed by atoms with Crippen LogP contribution in [0.25, 0.3) is 0 Å². The molecular weight excluding hydrogens is 446 g/mol. The van der Waals surface area contributed by atoms with E-state index >= 15 is 0 Å². The second-order valence-electron chi connectivity index (χ2n) is 8.16. The van der Waals surface area contributed by atoms with Gasteiger partial charge in [-0.25, -0.2) is 4.79 Å². The molecule has 9 N–H and O–H groups in total. The van der Waals surface area contributed by atoms with Gasteiger partial charge in [-0.15, -0.1) is 0 Å². The Balaban J connectivity index is 3.03. The summed E-state index contributed by atoms with van der Waals surface area (Å²) in [6.45, 7) is 4.97. The van der Waals surface area contributed by atoms with Crippen LogP contribution >= 0.6 is 0 Å². The molecule has 4 amide bonds. The fraction of sp³-hybridized carbons (Fsp3) is 0.500. The van der Waals surface area contributed by atoms with Crippen LogP contribution in [0.3, 0.4) is 0 Å². The number of primary amides is 1. The first-order valence-electron chi connectivity index (χ1n) is 10.8. The number of benzene rings is 1. The molecule has 0 heterocycles. The lowest BCUT2D eigenvalue weighted by Crippen LogP contribution is -2.59. The predicted molar refractivity (Wildman–Crippen MR) is 122 cm³/mol. The lowest BCUT2D eigenvalue weighted by molar-refractivity contribution is -0.142. The van der Waals surface area contributed by atoms with Crippen molar-refractivity contribution in [3.8, 4) is 5.75 Å². The van der Waals surface area contributed by atoms with Crippen LogP contribution in [0, 0.1) is 5.92 Å². The third-order valence-corrected chi connectivity index (χ3v) is 5.24. The fourth-order valence-corrected chi connectivity index (χ4v) is 3.00. The zero-order chi connectivity index (χ0) is 26.0. The number of hydrogen-bond donors (Lipinski definition) is 7. The molecule has 0 bridgehead atoms. The Morgan fingerprint density at radius 1 is 0.912 bits per heavy atom. The molecule has 1 aromatic carbocycles. The van der Waals surface area contributed by atoms with Crippen molar-refractivity contribution in [2.45, 2.75) is 64.2 Å². The van der Waals surface area contributed by atoms with Gasteiger partial charge >= 0.3 is 5.97 Å². The molecule has 0 spiro atoms. The maximum Gasteiger partial charge on any atom is 0.326 e. The van der Waals surface area contributed by atoms with Gasteiger partial charge in [0.25, 0.3) is 0 Å². The van der Waals surface area contributed by atoms with E-state index < -0.39 is 60.2 Å². The summed E-state index contributed by atoms with van der Waals surface area (Å²) >= 11 is 0. The highest BCUT2D eigenvalue weighted by atomic mass is 16.4. The summed E-state index contributed by atoms with van der Waals surface area (Å²) in [7, 11) is 0. The quantitative estimate of drug-likeness (QED) is 0.181. The van der Waals surface area contributed by atoms with Gasteiger partial charge in [0.2, 0.25) is 23.6 Å². The van der Waals surface area contributed by atoms with Gasteiger partial charge in [-0.05, 0) is 30.5 Å². The van der Waals surface area contributed by atoms with Crippen LogP contribution in [0.4, 0.5) is 0 Å². The van der Waals surface area contributed by atoms with Gasteiger partial charge in [-0.3, -0.25) is 19.2 Å². The van der Waals surface area contributed by atoms with Crippen molar-refractivity contribution in [1.29, 1.82) is 0 Å². The van der Waals surface area contributed by atoms with Crippen molar-refractivity contribution in [1.82, 2.24) is 16.0 Å². The topological polar surface area (TPSA) is 214 Å². The van der Waals surface area contributed by atoms with E-state index in [9.17, 15) is 34.2 Å². The summed E-state index contributed by atoms with van der Waals surface area (Å²) in [6.07, 6.45) is -0.187. The van der Waals surface area contributed by atoms with E-state index in [4.69, 9.17) is 11.5 Å². The molecule has 0 aromatic heterocycles. The van der Waals surface area contributed by atoms with Gasteiger partial charge in [-0.2, -0.15) is 0 Å². The number of aliphatic carboxylic acids is 1. The van der Waals surface area contributed by atoms with E-state index in [1.54, 1.807) is 13.8 Å². The number of carboxylic acids is 1. The average Bonchev–Trinajstić information content (AvgIpc) is 2.76. The Bertz CT molecular complexity index is 888. The second kappa shape index (κ2) is 13.1. The van der Waals surface area contributed by atoms with Crippen LogP contribution in [0.15, 0.2) is 24.3 Å². The number of phenolic OH excluding ortho intramolecular Hbond substituents is 1. The van der Waals surface area contributed by atoms with Crippen LogP contribution < -0.4 is 27.4 Å². The molecule has 34 heavy (non-hydrogen) atoms. The number of carbonyl (C=O) groups excluding carboxylic acids is 4. The minimum absolute atomic E-state index is 0.00382. The van der Waals surface area contributed by atoms with E-state index in [-0.39, 0.29) is 18.1 Å². The fourth-order valence-electron chi connectivity index (χ4n) is 3.00. The van der Waals surface area contributed by atoms with Crippen molar-refractivity contribution in [3.63, 3.8) is 0 Å². The van der Waals surface area contributed by atoms with Crippen LogP contribution in [-0.4, -0.2) is 64.0 Å². The SMILES string of the molecule is CCC(C)C(NC(=O)C(C)N)C(=O)NC(CC(N)=O)C(=O)NC(Cc1ccc(O)cc1)C(=O)O. The van der Waals surface area contributed by atoms with Crippen LogP contribution in [0.2, 0.25) is 0 Å². The first-order valence-corrected chi connectivity index (χ1v) is 10.8. The second-order valence-corrected chi connectivity index (χ2v) is 8.16. The third kappa shape index (κ3) is 9.06. The summed E-state index contributed by atoms with van der Waals surface area (Å²) in [4.78, 5) is 61.0. The summed E-state index contributed by atoms with van der Waals surface area (Å²) in [5.74, 6) is -4.82. The molecule has 0 radical (unpaired) electrons. The Kier molecular flexibility index (Phi) is 11.0. The van der Waals surface area contributed by atoms with E-state index in [0.29, 0.717) is 12.0 Å². The molecule has 188 valence electrons. The van der Waals surface area contributed by atoms with E-state index in [2.05, 4.69) is 16.0 Å². The molecule has 0 aliphatic rings. The van der Waals surface area contributed by atoms with Crippen LogP contribution in [-0.2, 0) is 30.4 Å². The van der Waals surface area contributed by atoms with Crippen molar-refractivity contribution in [3.05, 3.63) is 29.8 Å². The maximum absolute atomic E-state index is 12.9. The summed E-state index contributed by atoms with van der Waals surface area (Å²) < 4.78 is 0. The standard InChI is InChI=1S/C22H33N5O7/c1-4-11(2)18(27-19(30)12(3)23)21(32)25-15(10-17(24)29)20(31)26-16(22(33)34)9-13-5-7-14(28)8-6-13/h5-8,11-12,15-16,18,28H,4,9-10,23H2,1-3H3,(H2,24,29)(H,25,32)(H,26,31)(H,27,30)(H,33,34). The number of hydrogen-bond acceptors (Lipinski definition) is 7. The molecule has 0 fully saturated rings. The normalized spacial score (nSPS) is 15.2. The average molecular weight is 480 g/mol. The molecule has 0 saturated heterocycles. The zero-order valence-electron chi connectivity index (χ0n) is 19.4. The minimum Gasteiger partial charge on any atom is -0.508 e. The molecule has 0 aliphatic heterocycles. The minimum atomic E-state index is -1.47. The first kappa shape index (κ1) is 28.4. The number of rotatable bonds is 13. The Morgan fingerprint density at radius 3 is 1.94 bits per heavy atom. The van der Waals surface area contributed by atoms with E-state index in [1.807, 2.05) is 0 Å². The predicted octanol–water partition coefficient (Wildman–Crippen LogP) is -1.26. The van der Waals surface area contributed by atoms with Gasteiger partial charge in [-0.1, -0.05) is 32.4 Å². The lowest BCUT2D eigenvalue weighted by Gasteiger charge is -2.27.